The van der Waals surface area contributed by atoms with Gasteiger partial charge in [0.1, 0.15) is 10.8 Å². The lowest BCUT2D eigenvalue weighted by atomic mass is 9.98. The third kappa shape index (κ3) is 2.50. The zero-order valence-electron chi connectivity index (χ0n) is 11.6. The van der Waals surface area contributed by atoms with E-state index in [4.69, 9.17) is 9.72 Å². The van der Waals surface area contributed by atoms with Crippen LogP contribution in [0.4, 0.5) is 0 Å². The van der Waals surface area contributed by atoms with Crippen molar-refractivity contribution in [1.29, 1.82) is 0 Å². The van der Waals surface area contributed by atoms with Gasteiger partial charge in [0.25, 0.3) is 0 Å². The van der Waals surface area contributed by atoms with Gasteiger partial charge in [-0.3, -0.25) is 0 Å². The summed E-state index contributed by atoms with van der Waals surface area (Å²) in [5.41, 5.74) is 2.34. The Balaban J connectivity index is 2.05. The minimum atomic E-state index is 0.396. The van der Waals surface area contributed by atoms with E-state index in [9.17, 15) is 0 Å². The van der Waals surface area contributed by atoms with E-state index in [0.29, 0.717) is 6.04 Å². The largest absolute Gasteiger partial charge is 0.497 e. The molecule has 1 aliphatic carbocycles. The fourth-order valence-corrected chi connectivity index (χ4v) is 4.37. The molecule has 1 aromatic carbocycles. The van der Waals surface area contributed by atoms with Gasteiger partial charge in [-0.1, -0.05) is 15.9 Å². The molecule has 3 rings (SSSR count). The highest BCUT2D eigenvalue weighted by Crippen LogP contribution is 2.40. The van der Waals surface area contributed by atoms with Gasteiger partial charge in [0, 0.05) is 14.9 Å². The lowest BCUT2D eigenvalue weighted by molar-refractivity contribution is 0.415. The van der Waals surface area contributed by atoms with Crippen molar-refractivity contribution in [1.82, 2.24) is 10.3 Å². The zero-order chi connectivity index (χ0) is 14.1. The number of thiazole rings is 1. The Morgan fingerprint density at radius 2 is 2.30 bits per heavy atom. The number of nitrogens with zero attached hydrogens (tertiary/aromatic N) is 1. The van der Waals surface area contributed by atoms with E-state index in [1.807, 2.05) is 25.2 Å². The maximum atomic E-state index is 5.32. The summed E-state index contributed by atoms with van der Waals surface area (Å²) in [6.45, 7) is 0. The Morgan fingerprint density at radius 3 is 3.05 bits per heavy atom. The van der Waals surface area contributed by atoms with E-state index in [-0.39, 0.29) is 0 Å². The second-order valence-electron chi connectivity index (χ2n) is 4.91. The number of halogens is 1. The number of ether oxygens (including phenoxy) is 1. The molecule has 20 heavy (non-hydrogen) atoms. The number of nitrogens with one attached hydrogen (secondary N) is 1. The summed E-state index contributed by atoms with van der Waals surface area (Å²) in [5, 5.41) is 4.44. The molecule has 0 spiro atoms. The number of methoxy groups -OCH3 is 1. The van der Waals surface area contributed by atoms with Gasteiger partial charge in [0.2, 0.25) is 0 Å². The molecule has 0 fully saturated rings. The molecule has 1 N–H and O–H groups in total. The summed E-state index contributed by atoms with van der Waals surface area (Å²) in [6.07, 6.45) is 3.55. The first-order chi connectivity index (χ1) is 9.72. The molecule has 0 saturated heterocycles. The summed E-state index contributed by atoms with van der Waals surface area (Å²) >= 11 is 5.42. The highest BCUT2D eigenvalue weighted by molar-refractivity contribution is 9.10. The summed E-state index contributed by atoms with van der Waals surface area (Å²) in [6, 6.07) is 6.41. The van der Waals surface area contributed by atoms with Crippen LogP contribution < -0.4 is 10.1 Å². The molecule has 0 radical (unpaired) electrons. The van der Waals surface area contributed by atoms with Crippen LogP contribution in [0.25, 0.3) is 10.6 Å². The molecule has 5 heteroatoms. The molecule has 1 aliphatic rings. The van der Waals surface area contributed by atoms with E-state index in [1.54, 1.807) is 18.4 Å². The Kier molecular flexibility index (Phi) is 4.10. The number of benzene rings is 1. The third-order valence-corrected chi connectivity index (χ3v) is 5.56. The number of hydrogen-bond acceptors (Lipinski definition) is 4. The van der Waals surface area contributed by atoms with Crippen molar-refractivity contribution < 1.29 is 4.74 Å². The standard InChI is InChI=1S/C15H17BrN2OS/c1-17-12-4-3-5-13-14(12)18-15(20-13)10-8-9(19-2)6-7-11(10)16/h6-8,12,17H,3-5H2,1-2H3. The maximum Gasteiger partial charge on any atom is 0.125 e. The van der Waals surface area contributed by atoms with Crippen LogP contribution in [0.15, 0.2) is 22.7 Å². The van der Waals surface area contributed by atoms with Crippen LogP contribution in [0.3, 0.4) is 0 Å². The molecule has 1 heterocycles. The van der Waals surface area contributed by atoms with Gasteiger partial charge in [-0.25, -0.2) is 4.98 Å². The first-order valence-corrected chi connectivity index (χ1v) is 8.34. The lowest BCUT2D eigenvalue weighted by Crippen LogP contribution is -2.21. The monoisotopic (exact) mass is 352 g/mol. The van der Waals surface area contributed by atoms with E-state index < -0.39 is 0 Å². The van der Waals surface area contributed by atoms with Crippen molar-refractivity contribution in [2.24, 2.45) is 0 Å². The van der Waals surface area contributed by atoms with E-state index in [2.05, 4.69) is 21.2 Å². The topological polar surface area (TPSA) is 34.1 Å². The normalized spacial score (nSPS) is 17.9. The first kappa shape index (κ1) is 14.0. The van der Waals surface area contributed by atoms with Crippen LogP contribution in [-0.2, 0) is 6.42 Å². The van der Waals surface area contributed by atoms with Gasteiger partial charge >= 0.3 is 0 Å². The Hall–Kier alpha value is -0.910. The molecule has 1 atom stereocenters. The molecule has 0 saturated carbocycles. The summed E-state index contributed by atoms with van der Waals surface area (Å²) < 4.78 is 6.38. The number of hydrogen-bond donors (Lipinski definition) is 1. The quantitative estimate of drug-likeness (QED) is 0.899. The van der Waals surface area contributed by atoms with Crippen LogP contribution >= 0.6 is 27.3 Å². The van der Waals surface area contributed by atoms with E-state index in [1.165, 1.54) is 23.4 Å². The van der Waals surface area contributed by atoms with Gasteiger partial charge in [-0.2, -0.15) is 0 Å². The van der Waals surface area contributed by atoms with E-state index >= 15 is 0 Å². The summed E-state index contributed by atoms with van der Waals surface area (Å²) in [7, 11) is 3.71. The number of aromatic nitrogens is 1. The minimum absolute atomic E-state index is 0.396. The fourth-order valence-electron chi connectivity index (χ4n) is 2.61. The third-order valence-electron chi connectivity index (χ3n) is 3.71. The van der Waals surface area contributed by atoms with Gasteiger partial charge in [0.15, 0.2) is 0 Å². The number of rotatable bonds is 3. The molecule has 106 valence electrons. The molecule has 2 aromatic rings. The fraction of sp³-hybridized carbons (Fsp3) is 0.400. The maximum absolute atomic E-state index is 5.32. The van der Waals surface area contributed by atoms with Crippen molar-refractivity contribution in [2.45, 2.75) is 25.3 Å². The molecule has 0 bridgehead atoms. The Labute approximate surface area is 131 Å². The molecule has 1 unspecified atom stereocenters. The van der Waals surface area contributed by atoms with Crippen molar-refractivity contribution in [3.63, 3.8) is 0 Å². The van der Waals surface area contributed by atoms with Crippen molar-refractivity contribution in [2.75, 3.05) is 14.2 Å². The van der Waals surface area contributed by atoms with Gasteiger partial charge in [0.05, 0.1) is 18.8 Å². The SMILES string of the molecule is CNC1CCCc2sc(-c3cc(OC)ccc3Br)nc21. The average molecular weight is 353 g/mol. The van der Waals surface area contributed by atoms with Crippen LogP contribution in [0.5, 0.6) is 5.75 Å². The summed E-state index contributed by atoms with van der Waals surface area (Å²) in [5.74, 6) is 0.863. The smallest absolute Gasteiger partial charge is 0.125 e. The van der Waals surface area contributed by atoms with Crippen molar-refractivity contribution in [3.8, 4) is 16.3 Å². The number of fused-ring (bicyclic) bond motifs is 1. The van der Waals surface area contributed by atoms with Crippen molar-refractivity contribution in [3.05, 3.63) is 33.2 Å². The second kappa shape index (κ2) is 5.84. The Bertz CT molecular complexity index is 626. The predicted octanol–water partition coefficient (Wildman–Crippen LogP) is 4.18. The lowest BCUT2D eigenvalue weighted by Gasteiger charge is -2.19. The predicted molar refractivity (Wildman–Crippen MR) is 86.5 cm³/mol. The van der Waals surface area contributed by atoms with Gasteiger partial charge < -0.3 is 10.1 Å². The molecular formula is C15H17BrN2OS. The zero-order valence-corrected chi connectivity index (χ0v) is 14.0. The second-order valence-corrected chi connectivity index (χ2v) is 6.84. The first-order valence-electron chi connectivity index (χ1n) is 6.73. The molecular weight excluding hydrogens is 336 g/mol. The molecule has 3 nitrogen and oxygen atoms in total. The Morgan fingerprint density at radius 1 is 1.45 bits per heavy atom. The van der Waals surface area contributed by atoms with Crippen LogP contribution in [0.1, 0.15) is 29.5 Å². The van der Waals surface area contributed by atoms with Gasteiger partial charge in [-0.05, 0) is 44.5 Å². The molecule has 0 amide bonds. The highest BCUT2D eigenvalue weighted by atomic mass is 79.9. The molecule has 1 aromatic heterocycles. The average Bonchev–Trinajstić information content (AvgIpc) is 2.91. The van der Waals surface area contributed by atoms with Crippen molar-refractivity contribution >= 4 is 27.3 Å². The van der Waals surface area contributed by atoms with Crippen LogP contribution in [0.2, 0.25) is 0 Å². The van der Waals surface area contributed by atoms with Crippen LogP contribution in [-0.4, -0.2) is 19.1 Å². The van der Waals surface area contributed by atoms with Gasteiger partial charge in [-0.15, -0.1) is 11.3 Å². The van der Waals surface area contributed by atoms with E-state index in [0.717, 1.165) is 27.2 Å². The number of aryl methyl sites for hydroxylation is 1. The summed E-state index contributed by atoms with van der Waals surface area (Å²) in [4.78, 5) is 6.30. The van der Waals surface area contributed by atoms with Crippen LogP contribution in [0, 0.1) is 0 Å². The highest BCUT2D eigenvalue weighted by Gasteiger charge is 2.24. The molecule has 0 aliphatic heterocycles. The minimum Gasteiger partial charge on any atom is -0.497 e.